The Labute approximate surface area is 177 Å². The molecule has 1 unspecified atom stereocenters. The minimum absolute atomic E-state index is 0.0189. The van der Waals surface area contributed by atoms with Crippen LogP contribution in [-0.4, -0.2) is 54.0 Å². The zero-order chi connectivity index (χ0) is 21.2. The van der Waals surface area contributed by atoms with Crippen molar-refractivity contribution in [3.8, 4) is 0 Å². The first-order valence-electron chi connectivity index (χ1n) is 10.2. The fourth-order valence-electron chi connectivity index (χ4n) is 3.37. The molecule has 0 aliphatic carbocycles. The van der Waals surface area contributed by atoms with Crippen LogP contribution in [0.4, 0.5) is 0 Å². The lowest BCUT2D eigenvalue weighted by atomic mass is 10.2. The molecule has 6 nitrogen and oxygen atoms in total. The molecule has 158 valence electrons. The minimum atomic E-state index is -0.234. The zero-order valence-electron chi connectivity index (χ0n) is 17.1. The Morgan fingerprint density at radius 1 is 1.13 bits per heavy atom. The Balaban J connectivity index is 1.67. The van der Waals surface area contributed by atoms with Gasteiger partial charge in [-0.25, -0.2) is 0 Å². The second-order valence-electron chi connectivity index (χ2n) is 7.24. The second-order valence-corrected chi connectivity index (χ2v) is 7.24. The standard InChI is InChI=1S/C24H28N2O4/c1-2-14-25(23(27)13-12-20-8-4-3-5-9-20)19-24(28)26(17-21-10-6-15-29-21)18-22-11-7-16-30-22/h2-6,8-10,12-13,15,22H,1,7,11,14,16-19H2. The molecule has 0 bridgehead atoms. The molecule has 1 aromatic heterocycles. The van der Waals surface area contributed by atoms with Gasteiger partial charge in [-0.15, -0.1) is 6.58 Å². The predicted molar refractivity (Wildman–Crippen MR) is 115 cm³/mol. The lowest BCUT2D eigenvalue weighted by Crippen LogP contribution is -2.44. The Hall–Kier alpha value is -3.12. The smallest absolute Gasteiger partial charge is 0.247 e. The van der Waals surface area contributed by atoms with E-state index < -0.39 is 0 Å². The highest BCUT2D eigenvalue weighted by atomic mass is 16.5. The summed E-state index contributed by atoms with van der Waals surface area (Å²) in [5, 5.41) is 0. The van der Waals surface area contributed by atoms with E-state index in [0.717, 1.165) is 25.0 Å². The maximum Gasteiger partial charge on any atom is 0.247 e. The van der Waals surface area contributed by atoms with Gasteiger partial charge in [0.05, 0.1) is 18.9 Å². The van der Waals surface area contributed by atoms with Crippen LogP contribution < -0.4 is 0 Å². The predicted octanol–water partition coefficient (Wildman–Crippen LogP) is 3.52. The summed E-state index contributed by atoms with van der Waals surface area (Å²) in [6.07, 6.45) is 8.39. The molecule has 0 N–H and O–H groups in total. The Morgan fingerprint density at radius 3 is 2.63 bits per heavy atom. The number of benzene rings is 1. The first kappa shape index (κ1) is 21.6. The van der Waals surface area contributed by atoms with Crippen LogP contribution in [0.1, 0.15) is 24.2 Å². The Bertz CT molecular complexity index is 839. The zero-order valence-corrected chi connectivity index (χ0v) is 17.1. The van der Waals surface area contributed by atoms with E-state index >= 15 is 0 Å². The molecule has 6 heteroatoms. The number of carbonyl (C=O) groups excluding carboxylic acids is 2. The third-order valence-electron chi connectivity index (χ3n) is 4.93. The molecule has 0 radical (unpaired) electrons. The van der Waals surface area contributed by atoms with Crippen molar-refractivity contribution in [1.82, 2.24) is 9.80 Å². The van der Waals surface area contributed by atoms with Crippen LogP contribution in [0.5, 0.6) is 0 Å². The van der Waals surface area contributed by atoms with Gasteiger partial charge in [0, 0.05) is 25.8 Å². The van der Waals surface area contributed by atoms with E-state index in [9.17, 15) is 9.59 Å². The van der Waals surface area contributed by atoms with Crippen LogP contribution in [0.3, 0.4) is 0 Å². The topological polar surface area (TPSA) is 63.0 Å². The Kier molecular flexibility index (Phi) is 8.03. The van der Waals surface area contributed by atoms with Gasteiger partial charge in [0.15, 0.2) is 0 Å². The number of hydrogen-bond acceptors (Lipinski definition) is 4. The van der Waals surface area contributed by atoms with Crippen molar-refractivity contribution in [2.45, 2.75) is 25.5 Å². The van der Waals surface area contributed by atoms with Gasteiger partial charge in [0.2, 0.25) is 11.8 Å². The largest absolute Gasteiger partial charge is 0.467 e. The summed E-state index contributed by atoms with van der Waals surface area (Å²) < 4.78 is 11.1. The summed E-state index contributed by atoms with van der Waals surface area (Å²) in [5.41, 5.74) is 0.925. The van der Waals surface area contributed by atoms with Crippen LogP contribution >= 0.6 is 0 Å². The fourth-order valence-corrected chi connectivity index (χ4v) is 3.37. The molecule has 1 aliphatic rings. The van der Waals surface area contributed by atoms with Crippen molar-refractivity contribution in [3.63, 3.8) is 0 Å². The average molecular weight is 408 g/mol. The van der Waals surface area contributed by atoms with Crippen molar-refractivity contribution in [2.24, 2.45) is 0 Å². The van der Waals surface area contributed by atoms with Crippen molar-refractivity contribution in [2.75, 3.05) is 26.2 Å². The number of furan rings is 1. The maximum absolute atomic E-state index is 13.1. The minimum Gasteiger partial charge on any atom is -0.467 e. The molecule has 30 heavy (non-hydrogen) atoms. The molecular weight excluding hydrogens is 380 g/mol. The molecular formula is C24H28N2O4. The van der Waals surface area contributed by atoms with Gasteiger partial charge in [-0.1, -0.05) is 36.4 Å². The summed E-state index contributed by atoms with van der Waals surface area (Å²) in [7, 11) is 0. The summed E-state index contributed by atoms with van der Waals surface area (Å²) >= 11 is 0. The quantitative estimate of drug-likeness (QED) is 0.446. The molecule has 1 saturated heterocycles. The molecule has 1 aromatic carbocycles. The lowest BCUT2D eigenvalue weighted by molar-refractivity contribution is -0.139. The SMILES string of the molecule is C=CCN(CC(=O)N(Cc1ccco1)CC1CCCO1)C(=O)C=Cc1ccccc1. The number of carbonyl (C=O) groups is 2. The average Bonchev–Trinajstić information content (AvgIpc) is 3.46. The molecule has 2 heterocycles. The lowest BCUT2D eigenvalue weighted by Gasteiger charge is -2.28. The van der Waals surface area contributed by atoms with Gasteiger partial charge in [-0.05, 0) is 36.6 Å². The van der Waals surface area contributed by atoms with Crippen LogP contribution in [0.2, 0.25) is 0 Å². The van der Waals surface area contributed by atoms with Crippen LogP contribution in [0.25, 0.3) is 6.08 Å². The van der Waals surface area contributed by atoms with Gasteiger partial charge >= 0.3 is 0 Å². The molecule has 1 aliphatic heterocycles. The number of rotatable bonds is 10. The summed E-state index contributed by atoms with van der Waals surface area (Å²) in [6, 6.07) is 13.2. The monoisotopic (exact) mass is 408 g/mol. The molecule has 1 atom stereocenters. The third kappa shape index (κ3) is 6.46. The van der Waals surface area contributed by atoms with E-state index in [2.05, 4.69) is 6.58 Å². The molecule has 1 fully saturated rings. The number of hydrogen-bond donors (Lipinski definition) is 0. The highest BCUT2D eigenvalue weighted by molar-refractivity contribution is 5.94. The highest BCUT2D eigenvalue weighted by Crippen LogP contribution is 2.16. The van der Waals surface area contributed by atoms with Gasteiger partial charge in [0.1, 0.15) is 12.3 Å². The van der Waals surface area contributed by atoms with Crippen molar-refractivity contribution in [1.29, 1.82) is 0 Å². The van der Waals surface area contributed by atoms with Crippen LogP contribution in [0, 0.1) is 0 Å². The van der Waals surface area contributed by atoms with E-state index in [0.29, 0.717) is 18.8 Å². The van der Waals surface area contributed by atoms with Crippen LogP contribution in [-0.2, 0) is 20.9 Å². The van der Waals surface area contributed by atoms with Crippen LogP contribution in [0.15, 0.2) is 71.9 Å². The number of amides is 2. The second kappa shape index (κ2) is 11.2. The number of ether oxygens (including phenoxy) is 1. The van der Waals surface area contributed by atoms with E-state index in [1.165, 1.54) is 11.0 Å². The summed E-state index contributed by atoms with van der Waals surface area (Å²) in [6.45, 7) is 5.53. The Morgan fingerprint density at radius 2 is 1.97 bits per heavy atom. The van der Waals surface area contributed by atoms with E-state index in [4.69, 9.17) is 9.15 Å². The number of nitrogens with zero attached hydrogens (tertiary/aromatic N) is 2. The van der Waals surface area contributed by atoms with Crippen molar-refractivity contribution in [3.05, 3.63) is 78.8 Å². The maximum atomic E-state index is 13.1. The first-order chi connectivity index (χ1) is 14.7. The van der Waals surface area contributed by atoms with Gasteiger partial charge in [-0.3, -0.25) is 9.59 Å². The molecule has 2 amide bonds. The summed E-state index contributed by atoms with van der Waals surface area (Å²) in [4.78, 5) is 29.0. The molecule has 2 aromatic rings. The fraction of sp³-hybridized carbons (Fsp3) is 0.333. The molecule has 3 rings (SSSR count). The van der Waals surface area contributed by atoms with Crippen molar-refractivity contribution < 1.29 is 18.7 Å². The molecule has 0 saturated carbocycles. The highest BCUT2D eigenvalue weighted by Gasteiger charge is 2.25. The third-order valence-corrected chi connectivity index (χ3v) is 4.93. The van der Waals surface area contributed by atoms with Gasteiger partial charge in [0.25, 0.3) is 0 Å². The first-order valence-corrected chi connectivity index (χ1v) is 10.2. The van der Waals surface area contributed by atoms with Gasteiger partial charge in [-0.2, -0.15) is 0 Å². The van der Waals surface area contributed by atoms with E-state index in [1.54, 1.807) is 29.4 Å². The van der Waals surface area contributed by atoms with Gasteiger partial charge < -0.3 is 19.0 Å². The molecule has 0 spiro atoms. The van der Waals surface area contributed by atoms with E-state index in [1.807, 2.05) is 36.4 Å². The normalized spacial score (nSPS) is 15.9. The summed E-state index contributed by atoms with van der Waals surface area (Å²) in [5.74, 6) is 0.319. The van der Waals surface area contributed by atoms with Crippen molar-refractivity contribution >= 4 is 17.9 Å². The van der Waals surface area contributed by atoms with E-state index in [-0.39, 0.29) is 31.0 Å².